The molecule has 2 fully saturated rings. The SMILES string of the molecule is NC(=S)c1ccnnc1N1CCN2CCCCC2C1. The fourth-order valence-electron chi connectivity index (χ4n) is 3.10. The number of aromatic nitrogens is 2. The Morgan fingerprint density at radius 2 is 2.21 bits per heavy atom. The summed E-state index contributed by atoms with van der Waals surface area (Å²) >= 11 is 5.11. The maximum atomic E-state index is 5.78. The molecule has 102 valence electrons. The fraction of sp³-hybridized carbons (Fsp3) is 0.615. The third-order valence-corrected chi connectivity index (χ3v) is 4.32. The van der Waals surface area contributed by atoms with Gasteiger partial charge in [0, 0.05) is 25.7 Å². The Bertz CT molecular complexity index is 478. The highest BCUT2D eigenvalue weighted by molar-refractivity contribution is 7.80. The number of anilines is 1. The van der Waals surface area contributed by atoms with E-state index in [-0.39, 0.29) is 0 Å². The summed E-state index contributed by atoms with van der Waals surface area (Å²) in [7, 11) is 0. The summed E-state index contributed by atoms with van der Waals surface area (Å²) in [6, 6.07) is 2.50. The van der Waals surface area contributed by atoms with Crippen LogP contribution in [0.4, 0.5) is 5.82 Å². The number of piperidine rings is 1. The van der Waals surface area contributed by atoms with Crippen molar-refractivity contribution < 1.29 is 0 Å². The number of rotatable bonds is 2. The number of piperazine rings is 1. The van der Waals surface area contributed by atoms with Crippen LogP contribution in [-0.4, -0.2) is 52.3 Å². The van der Waals surface area contributed by atoms with Crippen molar-refractivity contribution in [2.24, 2.45) is 5.73 Å². The largest absolute Gasteiger partial charge is 0.389 e. The second-order valence-electron chi connectivity index (χ2n) is 5.26. The summed E-state index contributed by atoms with van der Waals surface area (Å²) in [6.45, 7) is 4.32. The number of thiocarbonyl (C=S) groups is 1. The summed E-state index contributed by atoms with van der Waals surface area (Å²) in [5.74, 6) is 0.847. The molecular weight excluding hydrogens is 258 g/mol. The molecule has 2 aliphatic rings. The van der Waals surface area contributed by atoms with Crippen LogP contribution < -0.4 is 10.6 Å². The van der Waals surface area contributed by atoms with Crippen molar-refractivity contribution in [1.29, 1.82) is 0 Å². The van der Waals surface area contributed by atoms with E-state index >= 15 is 0 Å². The van der Waals surface area contributed by atoms with E-state index in [1.165, 1.54) is 25.8 Å². The van der Waals surface area contributed by atoms with E-state index in [9.17, 15) is 0 Å². The Morgan fingerprint density at radius 1 is 1.32 bits per heavy atom. The average Bonchev–Trinajstić information content (AvgIpc) is 2.46. The first-order valence-electron chi connectivity index (χ1n) is 6.86. The first kappa shape index (κ1) is 12.7. The molecule has 0 aliphatic carbocycles. The van der Waals surface area contributed by atoms with Gasteiger partial charge >= 0.3 is 0 Å². The van der Waals surface area contributed by atoms with Crippen LogP contribution in [0.25, 0.3) is 0 Å². The molecule has 0 aromatic carbocycles. The predicted molar refractivity (Wildman–Crippen MR) is 79.3 cm³/mol. The highest BCUT2D eigenvalue weighted by Gasteiger charge is 2.30. The molecule has 2 aliphatic heterocycles. The standard InChI is InChI=1S/C13H19N5S/c14-12(19)11-4-5-15-16-13(11)18-8-7-17-6-2-1-3-10(17)9-18/h4-5,10H,1-3,6-9H2,(H2,14,19). The number of fused-ring (bicyclic) bond motifs is 1. The molecule has 1 aromatic rings. The Kier molecular flexibility index (Phi) is 3.61. The zero-order valence-electron chi connectivity index (χ0n) is 11.0. The number of hydrogen-bond acceptors (Lipinski definition) is 5. The second kappa shape index (κ2) is 5.38. The van der Waals surface area contributed by atoms with Crippen molar-refractivity contribution in [3.8, 4) is 0 Å². The number of nitrogens with two attached hydrogens (primary N) is 1. The molecule has 1 atom stereocenters. The molecule has 0 amide bonds. The van der Waals surface area contributed by atoms with Crippen molar-refractivity contribution in [2.75, 3.05) is 31.1 Å². The summed E-state index contributed by atoms with van der Waals surface area (Å²) in [5, 5.41) is 8.24. The minimum atomic E-state index is 0.399. The molecule has 3 heterocycles. The minimum Gasteiger partial charge on any atom is -0.389 e. The van der Waals surface area contributed by atoms with Gasteiger partial charge < -0.3 is 10.6 Å². The molecule has 0 radical (unpaired) electrons. The van der Waals surface area contributed by atoms with Crippen LogP contribution in [-0.2, 0) is 0 Å². The van der Waals surface area contributed by atoms with Gasteiger partial charge in [-0.15, -0.1) is 5.10 Å². The van der Waals surface area contributed by atoms with Crippen LogP contribution in [0.3, 0.4) is 0 Å². The molecule has 1 unspecified atom stereocenters. The Morgan fingerprint density at radius 3 is 3.05 bits per heavy atom. The van der Waals surface area contributed by atoms with Crippen molar-refractivity contribution >= 4 is 23.0 Å². The minimum absolute atomic E-state index is 0.399. The van der Waals surface area contributed by atoms with Crippen LogP contribution in [0.1, 0.15) is 24.8 Å². The zero-order chi connectivity index (χ0) is 13.2. The maximum absolute atomic E-state index is 5.78. The molecule has 1 aromatic heterocycles. The molecule has 3 rings (SSSR count). The Balaban J connectivity index is 1.81. The lowest BCUT2D eigenvalue weighted by Crippen LogP contribution is -2.55. The normalized spacial score (nSPS) is 24.0. The summed E-state index contributed by atoms with van der Waals surface area (Å²) in [5.41, 5.74) is 6.62. The lowest BCUT2D eigenvalue weighted by atomic mass is 9.99. The summed E-state index contributed by atoms with van der Waals surface area (Å²) < 4.78 is 0. The van der Waals surface area contributed by atoms with Gasteiger partial charge in [-0.1, -0.05) is 18.6 Å². The van der Waals surface area contributed by atoms with E-state index in [0.717, 1.165) is 31.0 Å². The van der Waals surface area contributed by atoms with Crippen LogP contribution in [0.2, 0.25) is 0 Å². The van der Waals surface area contributed by atoms with Crippen LogP contribution >= 0.6 is 12.2 Å². The van der Waals surface area contributed by atoms with Gasteiger partial charge in [0.05, 0.1) is 11.8 Å². The van der Waals surface area contributed by atoms with E-state index in [0.29, 0.717) is 11.0 Å². The van der Waals surface area contributed by atoms with Gasteiger partial charge in [-0.05, 0) is 25.5 Å². The van der Waals surface area contributed by atoms with E-state index in [2.05, 4.69) is 20.0 Å². The van der Waals surface area contributed by atoms with Crippen molar-refractivity contribution in [3.05, 3.63) is 17.8 Å². The molecular formula is C13H19N5S. The fourth-order valence-corrected chi connectivity index (χ4v) is 3.26. The number of hydrogen-bond donors (Lipinski definition) is 1. The van der Waals surface area contributed by atoms with Crippen molar-refractivity contribution in [2.45, 2.75) is 25.3 Å². The van der Waals surface area contributed by atoms with E-state index in [1.807, 2.05) is 6.07 Å². The molecule has 0 saturated carbocycles. The number of nitrogens with zero attached hydrogens (tertiary/aromatic N) is 4. The van der Waals surface area contributed by atoms with E-state index in [4.69, 9.17) is 18.0 Å². The molecule has 0 spiro atoms. The first-order chi connectivity index (χ1) is 9.25. The highest BCUT2D eigenvalue weighted by atomic mass is 32.1. The third kappa shape index (κ3) is 2.55. The molecule has 19 heavy (non-hydrogen) atoms. The van der Waals surface area contributed by atoms with Gasteiger partial charge in [-0.3, -0.25) is 4.90 Å². The Hall–Kier alpha value is -1.27. The van der Waals surface area contributed by atoms with Gasteiger partial charge in [-0.25, -0.2) is 0 Å². The van der Waals surface area contributed by atoms with Crippen LogP contribution in [0, 0.1) is 0 Å². The zero-order valence-corrected chi connectivity index (χ0v) is 11.8. The molecule has 2 saturated heterocycles. The van der Waals surface area contributed by atoms with Gasteiger partial charge in [0.15, 0.2) is 5.82 Å². The topological polar surface area (TPSA) is 58.3 Å². The molecule has 6 heteroatoms. The molecule has 0 bridgehead atoms. The lowest BCUT2D eigenvalue weighted by Gasteiger charge is -2.44. The summed E-state index contributed by atoms with van der Waals surface area (Å²) in [4.78, 5) is 5.28. The van der Waals surface area contributed by atoms with Gasteiger partial charge in [0.2, 0.25) is 0 Å². The highest BCUT2D eigenvalue weighted by Crippen LogP contribution is 2.25. The second-order valence-corrected chi connectivity index (χ2v) is 5.70. The summed E-state index contributed by atoms with van der Waals surface area (Å²) in [6.07, 6.45) is 5.59. The quantitative estimate of drug-likeness (QED) is 0.807. The average molecular weight is 277 g/mol. The van der Waals surface area contributed by atoms with Crippen molar-refractivity contribution in [3.63, 3.8) is 0 Å². The molecule has 2 N–H and O–H groups in total. The lowest BCUT2D eigenvalue weighted by molar-refractivity contribution is 0.133. The van der Waals surface area contributed by atoms with Gasteiger partial charge in [-0.2, -0.15) is 5.10 Å². The predicted octanol–water partition coefficient (Wildman–Crippen LogP) is 0.785. The van der Waals surface area contributed by atoms with E-state index in [1.54, 1.807) is 6.20 Å². The smallest absolute Gasteiger partial charge is 0.161 e. The maximum Gasteiger partial charge on any atom is 0.161 e. The van der Waals surface area contributed by atoms with Crippen molar-refractivity contribution in [1.82, 2.24) is 15.1 Å². The third-order valence-electron chi connectivity index (χ3n) is 4.10. The Labute approximate surface area is 118 Å². The first-order valence-corrected chi connectivity index (χ1v) is 7.27. The van der Waals surface area contributed by atoms with E-state index < -0.39 is 0 Å². The van der Waals surface area contributed by atoms with Gasteiger partial charge in [0.25, 0.3) is 0 Å². The van der Waals surface area contributed by atoms with Gasteiger partial charge in [0.1, 0.15) is 4.99 Å². The van der Waals surface area contributed by atoms with Crippen LogP contribution in [0.15, 0.2) is 12.3 Å². The monoisotopic (exact) mass is 277 g/mol. The van der Waals surface area contributed by atoms with Crippen LogP contribution in [0.5, 0.6) is 0 Å². The molecule has 5 nitrogen and oxygen atoms in total.